The number of carbonyl (C=O) groups is 1. The number of aromatic nitrogens is 2. The van der Waals surface area contributed by atoms with Crippen LogP contribution >= 0.6 is 11.6 Å². The van der Waals surface area contributed by atoms with E-state index in [1.54, 1.807) is 0 Å². The van der Waals surface area contributed by atoms with Gasteiger partial charge in [0.05, 0.1) is 17.4 Å². The number of nitrogens with zero attached hydrogens (tertiary/aromatic N) is 3. The van der Waals surface area contributed by atoms with E-state index in [4.69, 9.17) is 11.6 Å². The molecule has 3 aromatic rings. The van der Waals surface area contributed by atoms with E-state index in [-0.39, 0.29) is 10.7 Å². The van der Waals surface area contributed by atoms with Gasteiger partial charge in [0.1, 0.15) is 11.5 Å². The number of amides is 1. The van der Waals surface area contributed by atoms with Gasteiger partial charge in [0, 0.05) is 18.4 Å². The van der Waals surface area contributed by atoms with Crippen molar-refractivity contribution >= 4 is 34.7 Å². The van der Waals surface area contributed by atoms with Crippen LogP contribution in [-0.2, 0) is 0 Å². The van der Waals surface area contributed by atoms with Crippen LogP contribution in [0.1, 0.15) is 10.5 Å². The second-order valence-corrected chi connectivity index (χ2v) is 5.64. The van der Waals surface area contributed by atoms with Crippen molar-refractivity contribution in [2.24, 2.45) is 0 Å². The van der Waals surface area contributed by atoms with Crippen LogP contribution in [0.5, 0.6) is 0 Å². The molecule has 0 aliphatic heterocycles. The number of rotatable bonds is 4. The Labute approximate surface area is 149 Å². The largest absolute Gasteiger partial charge is 0.328 e. The molecular weight excluding hydrogens is 343 g/mol. The zero-order valence-corrected chi connectivity index (χ0v) is 14.0. The first-order valence-electron chi connectivity index (χ1n) is 7.42. The van der Waals surface area contributed by atoms with Gasteiger partial charge in [0.15, 0.2) is 5.82 Å². The molecule has 1 heterocycles. The molecule has 0 spiro atoms. The van der Waals surface area contributed by atoms with Crippen LogP contribution in [0, 0.1) is 5.82 Å². The van der Waals surface area contributed by atoms with Gasteiger partial charge in [-0.05, 0) is 30.3 Å². The first-order valence-corrected chi connectivity index (χ1v) is 7.79. The third kappa shape index (κ3) is 3.92. The lowest BCUT2D eigenvalue weighted by atomic mass is 10.3. The van der Waals surface area contributed by atoms with Crippen LogP contribution in [0.2, 0.25) is 5.02 Å². The topological polar surface area (TPSA) is 58.1 Å². The molecule has 0 atom stereocenters. The van der Waals surface area contributed by atoms with Crippen molar-refractivity contribution < 1.29 is 9.18 Å². The molecule has 0 fully saturated rings. The van der Waals surface area contributed by atoms with Gasteiger partial charge >= 0.3 is 0 Å². The Bertz CT molecular complexity index is 887. The van der Waals surface area contributed by atoms with Crippen LogP contribution in [0.15, 0.2) is 60.9 Å². The normalized spacial score (nSPS) is 10.4. The Hall–Kier alpha value is -2.99. The maximum atomic E-state index is 13.1. The third-order valence-electron chi connectivity index (χ3n) is 3.54. The quantitative estimate of drug-likeness (QED) is 0.757. The van der Waals surface area contributed by atoms with Gasteiger partial charge in [-0.3, -0.25) is 4.79 Å². The fraction of sp³-hybridized carbons (Fsp3) is 0.0556. The summed E-state index contributed by atoms with van der Waals surface area (Å²) in [5.74, 6) is -0.399. The van der Waals surface area contributed by atoms with E-state index in [2.05, 4.69) is 15.3 Å². The number of halogens is 2. The predicted octanol–water partition coefficient (Wildman–Crippen LogP) is 4.29. The summed E-state index contributed by atoms with van der Waals surface area (Å²) in [4.78, 5) is 22.5. The highest BCUT2D eigenvalue weighted by Gasteiger charge is 2.11. The second-order valence-electron chi connectivity index (χ2n) is 5.24. The lowest BCUT2D eigenvalue weighted by molar-refractivity contribution is 0.102. The number of nitrogens with one attached hydrogen (secondary N) is 1. The molecule has 5 nitrogen and oxygen atoms in total. The summed E-state index contributed by atoms with van der Waals surface area (Å²) < 4.78 is 13.1. The standard InChI is InChI=1S/C18H14ClFN4O/c1-24(13-5-3-2-4-6-13)17-11-21-16(10-22-17)18(25)23-12-7-8-15(20)14(19)9-12/h2-11H,1H3,(H,23,25). The molecule has 0 radical (unpaired) electrons. The maximum absolute atomic E-state index is 13.1. The second kappa shape index (κ2) is 7.27. The number of para-hydroxylation sites is 1. The maximum Gasteiger partial charge on any atom is 0.275 e. The van der Waals surface area contributed by atoms with Gasteiger partial charge in [0.25, 0.3) is 5.91 Å². The van der Waals surface area contributed by atoms with Crippen molar-refractivity contribution in [3.05, 3.63) is 77.5 Å². The van der Waals surface area contributed by atoms with E-state index in [1.165, 1.54) is 30.6 Å². The Balaban J connectivity index is 1.73. The van der Waals surface area contributed by atoms with Crippen molar-refractivity contribution in [2.75, 3.05) is 17.3 Å². The third-order valence-corrected chi connectivity index (χ3v) is 3.83. The van der Waals surface area contributed by atoms with Gasteiger partial charge in [-0.25, -0.2) is 14.4 Å². The zero-order chi connectivity index (χ0) is 17.8. The van der Waals surface area contributed by atoms with E-state index in [0.29, 0.717) is 11.5 Å². The van der Waals surface area contributed by atoms with E-state index < -0.39 is 11.7 Å². The molecule has 0 bridgehead atoms. The lowest BCUT2D eigenvalue weighted by Crippen LogP contribution is -2.16. The summed E-state index contributed by atoms with van der Waals surface area (Å²) in [6, 6.07) is 13.6. The summed E-state index contributed by atoms with van der Waals surface area (Å²) in [6.45, 7) is 0. The van der Waals surface area contributed by atoms with Crippen molar-refractivity contribution in [1.82, 2.24) is 9.97 Å². The number of carbonyl (C=O) groups excluding carboxylic acids is 1. The first-order chi connectivity index (χ1) is 12.0. The summed E-state index contributed by atoms with van der Waals surface area (Å²) in [6.07, 6.45) is 2.90. The summed E-state index contributed by atoms with van der Waals surface area (Å²) in [5.41, 5.74) is 1.48. The van der Waals surface area contributed by atoms with Gasteiger partial charge in [-0.15, -0.1) is 0 Å². The summed E-state index contributed by atoms with van der Waals surface area (Å²) in [7, 11) is 1.86. The van der Waals surface area contributed by atoms with Crippen LogP contribution in [-0.4, -0.2) is 22.9 Å². The van der Waals surface area contributed by atoms with Gasteiger partial charge in [-0.1, -0.05) is 29.8 Å². The van der Waals surface area contributed by atoms with Crippen LogP contribution < -0.4 is 10.2 Å². The molecule has 0 saturated heterocycles. The van der Waals surface area contributed by atoms with E-state index in [1.807, 2.05) is 42.3 Å². The molecular formula is C18H14ClFN4O. The highest BCUT2D eigenvalue weighted by atomic mass is 35.5. The zero-order valence-electron chi connectivity index (χ0n) is 13.3. The molecule has 25 heavy (non-hydrogen) atoms. The number of anilines is 3. The average molecular weight is 357 g/mol. The molecule has 1 amide bonds. The minimum Gasteiger partial charge on any atom is -0.328 e. The van der Waals surface area contributed by atoms with Crippen LogP contribution in [0.4, 0.5) is 21.6 Å². The predicted molar refractivity (Wildman–Crippen MR) is 95.9 cm³/mol. The minimum absolute atomic E-state index is 0.0660. The Kier molecular flexibility index (Phi) is 4.90. The smallest absolute Gasteiger partial charge is 0.275 e. The molecule has 2 aromatic carbocycles. The van der Waals surface area contributed by atoms with Crippen molar-refractivity contribution in [3.8, 4) is 0 Å². The fourth-order valence-electron chi connectivity index (χ4n) is 2.16. The Morgan fingerprint density at radius 3 is 2.52 bits per heavy atom. The number of benzene rings is 2. The number of hydrogen-bond acceptors (Lipinski definition) is 4. The van der Waals surface area contributed by atoms with Gasteiger partial charge in [-0.2, -0.15) is 0 Å². The van der Waals surface area contributed by atoms with Crippen molar-refractivity contribution in [2.45, 2.75) is 0 Å². The van der Waals surface area contributed by atoms with E-state index >= 15 is 0 Å². The van der Waals surface area contributed by atoms with Gasteiger partial charge in [0.2, 0.25) is 0 Å². The lowest BCUT2D eigenvalue weighted by Gasteiger charge is -2.17. The number of hydrogen-bond donors (Lipinski definition) is 1. The van der Waals surface area contributed by atoms with Crippen molar-refractivity contribution in [1.29, 1.82) is 0 Å². The monoisotopic (exact) mass is 356 g/mol. The molecule has 0 saturated carbocycles. The highest BCUT2D eigenvalue weighted by Crippen LogP contribution is 2.21. The minimum atomic E-state index is -0.548. The molecule has 0 aliphatic rings. The molecule has 0 aliphatic carbocycles. The molecule has 3 rings (SSSR count). The highest BCUT2D eigenvalue weighted by molar-refractivity contribution is 6.31. The molecule has 1 aromatic heterocycles. The van der Waals surface area contributed by atoms with Crippen LogP contribution in [0.25, 0.3) is 0 Å². The van der Waals surface area contributed by atoms with Crippen molar-refractivity contribution in [3.63, 3.8) is 0 Å². The molecule has 0 unspecified atom stereocenters. The molecule has 7 heteroatoms. The first kappa shape index (κ1) is 16.9. The molecule has 126 valence electrons. The van der Waals surface area contributed by atoms with Crippen LogP contribution in [0.3, 0.4) is 0 Å². The summed E-state index contributed by atoms with van der Waals surface area (Å²) in [5, 5.41) is 2.53. The SMILES string of the molecule is CN(c1ccccc1)c1cnc(C(=O)Nc2ccc(F)c(Cl)c2)cn1. The fourth-order valence-corrected chi connectivity index (χ4v) is 2.35. The van der Waals surface area contributed by atoms with E-state index in [0.717, 1.165) is 5.69 Å². The Morgan fingerprint density at radius 1 is 1.12 bits per heavy atom. The van der Waals surface area contributed by atoms with Gasteiger partial charge < -0.3 is 10.2 Å². The van der Waals surface area contributed by atoms with E-state index in [9.17, 15) is 9.18 Å². The molecule has 1 N–H and O–H groups in total. The average Bonchev–Trinajstić information content (AvgIpc) is 2.65. The Morgan fingerprint density at radius 2 is 1.88 bits per heavy atom. The summed E-state index contributed by atoms with van der Waals surface area (Å²) >= 11 is 5.70.